The van der Waals surface area contributed by atoms with E-state index in [0.717, 1.165) is 6.07 Å². The second-order valence-electron chi connectivity index (χ2n) is 4.22. The van der Waals surface area contributed by atoms with Crippen LogP contribution >= 0.6 is 15.9 Å². The van der Waals surface area contributed by atoms with Crippen molar-refractivity contribution in [2.75, 3.05) is 7.05 Å². The molecule has 0 aliphatic rings. The number of alkyl halides is 6. The van der Waals surface area contributed by atoms with Crippen molar-refractivity contribution in [1.82, 2.24) is 5.32 Å². The van der Waals surface area contributed by atoms with Gasteiger partial charge in [0.05, 0.1) is 5.56 Å². The first-order valence-corrected chi connectivity index (χ1v) is 6.44. The lowest BCUT2D eigenvalue weighted by atomic mass is 9.96. The Bertz CT molecular complexity index is 454. The number of nitrogens with one attached hydrogen (secondary N) is 1. The Labute approximate surface area is 120 Å². The minimum absolute atomic E-state index is 0.188. The second kappa shape index (κ2) is 6.34. The molecule has 0 spiro atoms. The lowest BCUT2D eigenvalue weighted by Crippen LogP contribution is -2.23. The van der Waals surface area contributed by atoms with Gasteiger partial charge in [-0.05, 0) is 31.2 Å². The molecule has 0 amide bonds. The van der Waals surface area contributed by atoms with Crippen molar-refractivity contribution in [1.29, 1.82) is 0 Å². The van der Waals surface area contributed by atoms with Crippen molar-refractivity contribution in [3.05, 3.63) is 33.8 Å². The summed E-state index contributed by atoms with van der Waals surface area (Å²) in [6.07, 6.45) is -10.6. The Balaban J connectivity index is 3.09. The van der Waals surface area contributed by atoms with Crippen LogP contribution < -0.4 is 5.32 Å². The summed E-state index contributed by atoms with van der Waals surface area (Å²) in [4.78, 5) is 0. The summed E-state index contributed by atoms with van der Waals surface area (Å²) in [5.74, 6) is 0. The van der Waals surface area contributed by atoms with Gasteiger partial charge >= 0.3 is 12.4 Å². The van der Waals surface area contributed by atoms with E-state index in [1.807, 2.05) is 0 Å². The minimum atomic E-state index is -4.62. The van der Waals surface area contributed by atoms with E-state index in [4.69, 9.17) is 0 Å². The van der Waals surface area contributed by atoms with Gasteiger partial charge in [-0.2, -0.15) is 26.3 Å². The number of hydrogen-bond donors (Lipinski definition) is 1. The molecule has 1 atom stereocenters. The van der Waals surface area contributed by atoms with E-state index in [-0.39, 0.29) is 10.0 Å². The predicted octanol–water partition coefficient (Wildman–Crippen LogP) is 5.07. The largest absolute Gasteiger partial charge is 0.416 e. The molecule has 1 rings (SSSR count). The fourth-order valence-electron chi connectivity index (χ4n) is 1.84. The summed E-state index contributed by atoms with van der Waals surface area (Å²) in [5, 5.41) is 2.51. The summed E-state index contributed by atoms with van der Waals surface area (Å²) in [7, 11) is 1.34. The zero-order valence-corrected chi connectivity index (χ0v) is 12.0. The van der Waals surface area contributed by atoms with Crippen LogP contribution in [0.4, 0.5) is 26.3 Å². The fourth-order valence-corrected chi connectivity index (χ4v) is 2.20. The molecule has 0 fully saturated rings. The molecule has 0 saturated heterocycles. The Kier molecular flexibility index (Phi) is 5.48. The van der Waals surface area contributed by atoms with Crippen molar-refractivity contribution in [3.63, 3.8) is 0 Å². The third-order valence-electron chi connectivity index (χ3n) is 2.76. The van der Waals surface area contributed by atoms with Crippen molar-refractivity contribution < 1.29 is 26.3 Å². The maximum absolute atomic E-state index is 12.9. The van der Waals surface area contributed by atoms with Gasteiger partial charge in [0.25, 0.3) is 0 Å². The lowest BCUT2D eigenvalue weighted by molar-refractivity contribution is -0.139. The smallest absolute Gasteiger partial charge is 0.313 e. The summed E-state index contributed by atoms with van der Waals surface area (Å²) < 4.78 is 75.6. The molecule has 1 nitrogen and oxygen atoms in total. The van der Waals surface area contributed by atoms with Crippen molar-refractivity contribution in [2.45, 2.75) is 31.2 Å². The van der Waals surface area contributed by atoms with Crippen molar-refractivity contribution in [2.24, 2.45) is 0 Å². The molecule has 0 aliphatic carbocycles. The maximum Gasteiger partial charge on any atom is 0.416 e. The Hall–Kier alpha value is -0.760. The van der Waals surface area contributed by atoms with E-state index in [1.165, 1.54) is 19.2 Å². The Morgan fingerprint density at radius 1 is 1.15 bits per heavy atom. The van der Waals surface area contributed by atoms with E-state index in [1.54, 1.807) is 0 Å². The van der Waals surface area contributed by atoms with E-state index in [9.17, 15) is 26.3 Å². The van der Waals surface area contributed by atoms with Crippen LogP contribution in [0.2, 0.25) is 0 Å². The molecule has 1 unspecified atom stereocenters. The number of halogens is 7. The summed E-state index contributed by atoms with van der Waals surface area (Å²) in [6, 6.07) is 2.42. The van der Waals surface area contributed by atoms with Gasteiger partial charge in [-0.25, -0.2) is 0 Å². The van der Waals surface area contributed by atoms with Gasteiger partial charge in [0.1, 0.15) is 0 Å². The molecule has 0 bridgehead atoms. The molecular formula is C12H12BrF6N. The molecule has 0 heterocycles. The molecule has 0 aliphatic heterocycles. The normalized spacial score (nSPS) is 14.4. The van der Waals surface area contributed by atoms with Crippen LogP contribution in [-0.2, 0) is 6.18 Å². The van der Waals surface area contributed by atoms with E-state index < -0.39 is 36.8 Å². The van der Waals surface area contributed by atoms with Gasteiger partial charge < -0.3 is 5.32 Å². The van der Waals surface area contributed by atoms with Crippen LogP contribution in [0.5, 0.6) is 0 Å². The fraction of sp³-hybridized carbons (Fsp3) is 0.500. The number of rotatable bonds is 4. The molecule has 0 aromatic heterocycles. The van der Waals surface area contributed by atoms with E-state index in [0.29, 0.717) is 0 Å². The highest BCUT2D eigenvalue weighted by molar-refractivity contribution is 9.10. The molecular weight excluding hydrogens is 352 g/mol. The van der Waals surface area contributed by atoms with Gasteiger partial charge in [-0.3, -0.25) is 0 Å². The zero-order valence-electron chi connectivity index (χ0n) is 10.4. The van der Waals surface area contributed by atoms with Crippen LogP contribution in [0.15, 0.2) is 22.7 Å². The standard InChI is InChI=1S/C12H12BrF6N/c1-20-10(4-5-11(14,15)16)8-3-2-7(13)6-9(8)12(17,18)19/h2-3,6,10,20H,4-5H2,1H3. The average molecular weight is 364 g/mol. The Morgan fingerprint density at radius 2 is 1.75 bits per heavy atom. The van der Waals surface area contributed by atoms with Gasteiger partial charge in [-0.15, -0.1) is 0 Å². The highest BCUT2D eigenvalue weighted by Gasteiger charge is 2.36. The Morgan fingerprint density at radius 3 is 2.20 bits per heavy atom. The molecule has 8 heteroatoms. The molecule has 1 aromatic carbocycles. The zero-order chi connectivity index (χ0) is 15.6. The van der Waals surface area contributed by atoms with Gasteiger partial charge in [0.2, 0.25) is 0 Å². The maximum atomic E-state index is 12.9. The number of benzene rings is 1. The molecule has 0 radical (unpaired) electrons. The molecule has 114 valence electrons. The van der Waals surface area contributed by atoms with Crippen LogP contribution in [0, 0.1) is 0 Å². The lowest BCUT2D eigenvalue weighted by Gasteiger charge is -2.22. The monoisotopic (exact) mass is 363 g/mol. The second-order valence-corrected chi connectivity index (χ2v) is 5.14. The minimum Gasteiger partial charge on any atom is -0.313 e. The van der Waals surface area contributed by atoms with Gasteiger partial charge in [0.15, 0.2) is 0 Å². The summed E-state index contributed by atoms with van der Waals surface area (Å²) in [5.41, 5.74) is -1.12. The third kappa shape index (κ3) is 4.97. The molecule has 0 saturated carbocycles. The summed E-state index contributed by atoms with van der Waals surface area (Å²) in [6.45, 7) is 0. The highest BCUT2D eigenvalue weighted by Crippen LogP contribution is 2.38. The average Bonchev–Trinajstić information content (AvgIpc) is 2.28. The van der Waals surface area contributed by atoms with E-state index >= 15 is 0 Å². The molecule has 1 aromatic rings. The quantitative estimate of drug-likeness (QED) is 0.736. The van der Waals surface area contributed by atoms with Crippen LogP contribution in [0.3, 0.4) is 0 Å². The van der Waals surface area contributed by atoms with E-state index in [2.05, 4.69) is 21.2 Å². The van der Waals surface area contributed by atoms with Gasteiger partial charge in [0, 0.05) is 16.9 Å². The van der Waals surface area contributed by atoms with Crippen LogP contribution in [0.25, 0.3) is 0 Å². The van der Waals surface area contributed by atoms with Crippen LogP contribution in [-0.4, -0.2) is 13.2 Å². The first kappa shape index (κ1) is 17.3. The molecule has 1 N–H and O–H groups in total. The summed E-state index contributed by atoms with van der Waals surface area (Å²) >= 11 is 2.93. The highest BCUT2D eigenvalue weighted by atomic mass is 79.9. The first-order valence-electron chi connectivity index (χ1n) is 5.65. The first-order chi connectivity index (χ1) is 9.04. The van der Waals surface area contributed by atoms with Gasteiger partial charge in [-0.1, -0.05) is 22.0 Å². The third-order valence-corrected chi connectivity index (χ3v) is 3.25. The predicted molar refractivity (Wildman–Crippen MR) is 66.2 cm³/mol. The topological polar surface area (TPSA) is 12.0 Å². The number of hydrogen-bond acceptors (Lipinski definition) is 1. The van der Waals surface area contributed by atoms with Crippen LogP contribution in [0.1, 0.15) is 30.0 Å². The molecule has 20 heavy (non-hydrogen) atoms. The van der Waals surface area contributed by atoms with Crippen molar-refractivity contribution in [3.8, 4) is 0 Å². The van der Waals surface area contributed by atoms with Crippen molar-refractivity contribution >= 4 is 15.9 Å². The SMILES string of the molecule is CNC(CCC(F)(F)F)c1ccc(Br)cc1C(F)(F)F.